The van der Waals surface area contributed by atoms with Crippen molar-refractivity contribution in [3.05, 3.63) is 23.9 Å². The molecule has 25 heteroatoms. The van der Waals surface area contributed by atoms with E-state index in [0.29, 0.717) is 12.8 Å². The minimum atomic E-state index is -1.91. The van der Waals surface area contributed by atoms with Crippen LogP contribution in [0.2, 0.25) is 0 Å². The minimum absolute atomic E-state index is 0.00531. The predicted octanol–water partition coefficient (Wildman–Crippen LogP) is -4.81. The van der Waals surface area contributed by atoms with Crippen LogP contribution < -0.4 is 71.2 Å². The fraction of sp³-hybridized carbons (Fsp3) is 0.705. The van der Waals surface area contributed by atoms with E-state index in [2.05, 4.69) is 54.5 Å². The summed E-state index contributed by atoms with van der Waals surface area (Å²) < 4.78 is 0. The van der Waals surface area contributed by atoms with Crippen LogP contribution in [-0.4, -0.2) is 156 Å². The summed E-state index contributed by atoms with van der Waals surface area (Å²) in [6.07, 6.45) is 5.63. The zero-order valence-corrected chi connectivity index (χ0v) is 40.5. The van der Waals surface area contributed by atoms with E-state index in [1.165, 1.54) is 13.0 Å². The third-order valence-electron chi connectivity index (χ3n) is 10.8. The highest BCUT2D eigenvalue weighted by molar-refractivity contribution is 6.02. The Morgan fingerprint density at radius 2 is 1.30 bits per heavy atom. The molecular weight excluding hydrogens is 901 g/mol. The Labute approximate surface area is 404 Å². The van der Waals surface area contributed by atoms with Gasteiger partial charge in [0.1, 0.15) is 48.1 Å². The SMILES string of the molecule is C/C=C1\NC(=O)[C@@H](NC(=O)CCC/C=C\CCCCCC)[C@H](O)CNC(=O)[C@H]([C@@H](O)CN)NC(=O)[C@H]([C@H](O)CN)NC(=O)[C@H](CCCN=C(N)N)NC(=O)[C@H](CC(C)C)NC(=O)[C@H](CCN)NC1=O. The second-order valence-corrected chi connectivity index (χ2v) is 17.1. The number of aliphatic hydroxyl groups is 3. The van der Waals surface area contributed by atoms with Gasteiger partial charge in [0.2, 0.25) is 41.4 Å². The second kappa shape index (κ2) is 33.7. The number of β-amino-alcohol motifs (C(OH)–C–C–N with tert-alkyl or cyclic N) is 1. The molecule has 21 N–H and O–H groups in total. The summed E-state index contributed by atoms with van der Waals surface area (Å²) in [6, 6.07) is -9.82. The van der Waals surface area contributed by atoms with Gasteiger partial charge in [-0.3, -0.25) is 43.3 Å². The predicted molar refractivity (Wildman–Crippen MR) is 257 cm³/mol. The number of allylic oxidation sites excluding steroid dienone is 3. The molecular formula is C44H80N14O11. The van der Waals surface area contributed by atoms with Crippen LogP contribution in [0.15, 0.2) is 28.9 Å². The number of nitrogens with one attached hydrogen (secondary N) is 8. The van der Waals surface area contributed by atoms with Gasteiger partial charge < -0.3 is 86.5 Å². The van der Waals surface area contributed by atoms with Crippen LogP contribution in [0, 0.1) is 5.92 Å². The molecule has 0 aromatic heterocycles. The van der Waals surface area contributed by atoms with Gasteiger partial charge in [0.25, 0.3) is 5.91 Å². The lowest BCUT2D eigenvalue weighted by atomic mass is 10.0. The largest absolute Gasteiger partial charge is 0.389 e. The van der Waals surface area contributed by atoms with Gasteiger partial charge in [-0.05, 0) is 70.8 Å². The van der Waals surface area contributed by atoms with Crippen molar-refractivity contribution in [1.29, 1.82) is 0 Å². The van der Waals surface area contributed by atoms with Crippen molar-refractivity contribution < 1.29 is 53.7 Å². The van der Waals surface area contributed by atoms with Crippen molar-refractivity contribution in [3.63, 3.8) is 0 Å². The third-order valence-corrected chi connectivity index (χ3v) is 10.8. The molecule has 392 valence electrons. The number of nitrogens with two attached hydrogens (primary N) is 5. The summed E-state index contributed by atoms with van der Waals surface area (Å²) in [5.74, 6) is -8.36. The molecule has 1 aliphatic heterocycles. The summed E-state index contributed by atoms with van der Waals surface area (Å²) in [7, 11) is 0. The van der Waals surface area contributed by atoms with Crippen LogP contribution >= 0.6 is 0 Å². The first-order valence-corrected chi connectivity index (χ1v) is 23.7. The summed E-state index contributed by atoms with van der Waals surface area (Å²) in [5, 5.41) is 52.4. The average Bonchev–Trinajstić information content (AvgIpc) is 3.30. The number of carbonyl (C=O) groups excluding carboxylic acids is 8. The van der Waals surface area contributed by atoms with Gasteiger partial charge in [-0.2, -0.15) is 0 Å². The van der Waals surface area contributed by atoms with Gasteiger partial charge in [-0.1, -0.05) is 58.3 Å². The van der Waals surface area contributed by atoms with E-state index < -0.39 is 127 Å². The summed E-state index contributed by atoms with van der Waals surface area (Å²) in [6.45, 7) is 4.92. The van der Waals surface area contributed by atoms with Crippen LogP contribution in [-0.2, 0) is 38.4 Å². The van der Waals surface area contributed by atoms with Crippen molar-refractivity contribution in [2.24, 2.45) is 39.6 Å². The summed E-state index contributed by atoms with van der Waals surface area (Å²) in [4.78, 5) is 114. The van der Waals surface area contributed by atoms with E-state index in [9.17, 15) is 53.7 Å². The molecule has 1 heterocycles. The van der Waals surface area contributed by atoms with Gasteiger partial charge in [-0.15, -0.1) is 0 Å². The highest BCUT2D eigenvalue weighted by Crippen LogP contribution is 2.11. The highest BCUT2D eigenvalue weighted by Gasteiger charge is 2.38. The first-order valence-electron chi connectivity index (χ1n) is 23.7. The number of unbranched alkanes of at least 4 members (excludes halogenated alkanes) is 5. The maximum Gasteiger partial charge on any atom is 0.268 e. The van der Waals surface area contributed by atoms with Crippen molar-refractivity contribution in [2.45, 2.75) is 159 Å². The Hall–Kier alpha value is -5.73. The summed E-state index contributed by atoms with van der Waals surface area (Å²) >= 11 is 0. The zero-order valence-electron chi connectivity index (χ0n) is 40.5. The third kappa shape index (κ3) is 23.4. The topological polar surface area (TPSA) is 436 Å². The molecule has 9 atom stereocenters. The number of amides is 8. The zero-order chi connectivity index (χ0) is 52.1. The first-order chi connectivity index (χ1) is 32.7. The lowest BCUT2D eigenvalue weighted by molar-refractivity contribution is -0.138. The Morgan fingerprint density at radius 1 is 0.739 bits per heavy atom. The Kier molecular flexibility index (Phi) is 29.9. The molecule has 0 aromatic carbocycles. The molecule has 69 heavy (non-hydrogen) atoms. The molecule has 0 bridgehead atoms. The fourth-order valence-corrected chi connectivity index (χ4v) is 6.92. The maximum absolute atomic E-state index is 14.0. The van der Waals surface area contributed by atoms with Crippen LogP contribution in [0.1, 0.15) is 105 Å². The van der Waals surface area contributed by atoms with E-state index in [1.807, 2.05) is 12.2 Å². The number of rotatable bonds is 22. The number of hydrogen-bond donors (Lipinski definition) is 16. The molecule has 0 spiro atoms. The van der Waals surface area contributed by atoms with Gasteiger partial charge in [0.15, 0.2) is 5.96 Å². The van der Waals surface area contributed by atoms with E-state index in [-0.39, 0.29) is 57.1 Å². The smallest absolute Gasteiger partial charge is 0.268 e. The maximum atomic E-state index is 14.0. The summed E-state index contributed by atoms with van der Waals surface area (Å²) in [5.41, 5.74) is 27.7. The fourth-order valence-electron chi connectivity index (χ4n) is 6.92. The Balaban J connectivity index is 3.81. The Morgan fingerprint density at radius 3 is 1.88 bits per heavy atom. The lowest BCUT2D eigenvalue weighted by Crippen LogP contribution is -2.64. The highest BCUT2D eigenvalue weighted by atomic mass is 16.3. The van der Waals surface area contributed by atoms with Crippen molar-refractivity contribution in [1.82, 2.24) is 42.5 Å². The number of carbonyl (C=O) groups is 8. The molecule has 0 unspecified atom stereocenters. The first kappa shape index (κ1) is 61.3. The van der Waals surface area contributed by atoms with E-state index in [4.69, 9.17) is 28.7 Å². The molecule has 0 aliphatic carbocycles. The number of guanidine groups is 1. The van der Waals surface area contributed by atoms with Crippen molar-refractivity contribution in [2.75, 3.05) is 32.7 Å². The molecule has 0 radical (unpaired) electrons. The molecule has 1 saturated heterocycles. The number of nitrogens with zero attached hydrogens (tertiary/aromatic N) is 1. The lowest BCUT2D eigenvalue weighted by Gasteiger charge is -2.30. The number of aliphatic imine (C=N–C) groups is 1. The monoisotopic (exact) mass is 981 g/mol. The average molecular weight is 981 g/mol. The van der Waals surface area contributed by atoms with Crippen LogP contribution in [0.25, 0.3) is 0 Å². The van der Waals surface area contributed by atoms with Crippen LogP contribution in [0.4, 0.5) is 0 Å². The standard InChI is InChI=1S/C44H80N14O11/c1-5-7-8-9-10-11-12-13-14-17-33(62)56-36-32(61)24-51-41(67)34(30(59)22-46)58-43(69)35(31(60)23-47)57-39(65)27(16-15-20-50-44(48)49)53-40(66)29(21-25(3)4)55-38(64)28(18-19-45)54-37(63)26(6-2)52-42(36)68/h6,11-12,25,27-32,34-36,59-61H,5,7-10,13-24,45-47H2,1-4H3,(H,51,67)(H,52,68)(H,53,66)(H,54,63)(H,55,64)(H,56,62)(H,57,65)(H,58,69)(H4,48,49,50)/b12-11-,26-6-/t27-,28-,29-,30-,31+,32+,34-,35-,36-/m0/s1. The van der Waals surface area contributed by atoms with E-state index in [1.54, 1.807) is 13.8 Å². The van der Waals surface area contributed by atoms with Crippen LogP contribution in [0.5, 0.6) is 0 Å². The molecule has 1 fully saturated rings. The van der Waals surface area contributed by atoms with Gasteiger partial charge >= 0.3 is 0 Å². The molecule has 0 aromatic rings. The van der Waals surface area contributed by atoms with Gasteiger partial charge in [0.05, 0.1) is 12.2 Å². The Bertz CT molecular complexity index is 1760. The van der Waals surface area contributed by atoms with Gasteiger partial charge in [0, 0.05) is 32.6 Å². The molecule has 8 amide bonds. The molecule has 1 aliphatic rings. The molecule has 1 rings (SSSR count). The quantitative estimate of drug-likeness (QED) is 0.0159. The van der Waals surface area contributed by atoms with E-state index >= 15 is 0 Å². The number of hydrogen-bond acceptors (Lipinski definition) is 15. The number of aliphatic hydroxyl groups excluding tert-OH is 3. The molecule has 0 saturated carbocycles. The van der Waals surface area contributed by atoms with Crippen molar-refractivity contribution in [3.8, 4) is 0 Å². The van der Waals surface area contributed by atoms with E-state index in [0.717, 1.165) is 32.1 Å². The minimum Gasteiger partial charge on any atom is -0.389 e. The normalized spacial score (nSPS) is 24.5. The molecule has 25 nitrogen and oxygen atoms in total. The second-order valence-electron chi connectivity index (χ2n) is 17.1. The van der Waals surface area contributed by atoms with Crippen molar-refractivity contribution >= 4 is 53.2 Å². The van der Waals surface area contributed by atoms with Crippen LogP contribution in [0.3, 0.4) is 0 Å². The van der Waals surface area contributed by atoms with Gasteiger partial charge in [-0.25, -0.2) is 0 Å².